The van der Waals surface area contributed by atoms with Crippen molar-refractivity contribution in [2.75, 3.05) is 0 Å². The summed E-state index contributed by atoms with van der Waals surface area (Å²) in [6, 6.07) is 27.4. The van der Waals surface area contributed by atoms with Gasteiger partial charge in [-0.15, -0.1) is 17.7 Å². The van der Waals surface area contributed by atoms with Crippen molar-refractivity contribution in [3.63, 3.8) is 0 Å². The molecule has 3 aromatic carbocycles. The van der Waals surface area contributed by atoms with Crippen LogP contribution in [0, 0.1) is 6.07 Å². The first kappa shape index (κ1) is 27.5. The van der Waals surface area contributed by atoms with Gasteiger partial charge in [0.05, 0.1) is 6.92 Å². The third kappa shape index (κ3) is 6.43. The predicted molar refractivity (Wildman–Crippen MR) is 138 cm³/mol. The molecular formula is C29H35IrN2O2+. The van der Waals surface area contributed by atoms with Gasteiger partial charge < -0.3 is 9.90 Å². The Hall–Kier alpha value is -2.75. The van der Waals surface area contributed by atoms with E-state index in [9.17, 15) is 0 Å². The van der Waals surface area contributed by atoms with Crippen LogP contribution in [0.1, 0.15) is 59.6 Å². The van der Waals surface area contributed by atoms with Crippen molar-refractivity contribution in [3.05, 3.63) is 90.3 Å². The Morgan fingerprint density at radius 2 is 1.26 bits per heavy atom. The van der Waals surface area contributed by atoms with Crippen LogP contribution in [-0.2, 0) is 30.9 Å². The van der Waals surface area contributed by atoms with Gasteiger partial charge in [-0.2, -0.15) is 16.7 Å². The average molecular weight is 636 g/mol. The van der Waals surface area contributed by atoms with Crippen LogP contribution in [0.3, 0.4) is 0 Å². The zero-order chi connectivity index (χ0) is 24.4. The maximum Gasteiger partial charge on any atom is 0.477 e. The zero-order valence-electron chi connectivity index (χ0n) is 21.1. The Bertz CT molecular complexity index is 1150. The van der Waals surface area contributed by atoms with Crippen LogP contribution in [0.25, 0.3) is 22.4 Å². The molecule has 0 aliphatic heterocycles. The van der Waals surface area contributed by atoms with Gasteiger partial charge in [-0.1, -0.05) is 59.1 Å². The molecule has 0 saturated carbocycles. The summed E-state index contributed by atoms with van der Waals surface area (Å²) in [7, 11) is 0. The van der Waals surface area contributed by atoms with Crippen molar-refractivity contribution in [1.29, 1.82) is 0 Å². The number of para-hydroxylation sites is 2. The van der Waals surface area contributed by atoms with E-state index in [1.807, 2.05) is 0 Å². The largest absolute Gasteiger partial charge is 0.477 e. The van der Waals surface area contributed by atoms with Gasteiger partial charge in [0.15, 0.2) is 17.4 Å². The molecule has 5 heteroatoms. The summed E-state index contributed by atoms with van der Waals surface area (Å²) < 4.78 is 4.48. The molecule has 34 heavy (non-hydrogen) atoms. The molecule has 0 unspecified atom stereocenters. The van der Waals surface area contributed by atoms with Crippen LogP contribution in [0.4, 0.5) is 0 Å². The molecule has 181 valence electrons. The maximum atomic E-state index is 7.53. The molecule has 4 rings (SSSR count). The molecule has 0 saturated heterocycles. The number of aliphatic hydroxyl groups excluding tert-OH is 1. The molecule has 1 heterocycles. The molecule has 1 radical (unpaired) electrons. The van der Waals surface area contributed by atoms with Crippen molar-refractivity contribution in [3.8, 4) is 11.4 Å². The predicted octanol–water partition coefficient (Wildman–Crippen LogP) is 7.16. The van der Waals surface area contributed by atoms with Gasteiger partial charge in [0, 0.05) is 37.9 Å². The zero-order valence-corrected chi connectivity index (χ0v) is 23.4. The monoisotopic (exact) mass is 636 g/mol. The first-order valence-electron chi connectivity index (χ1n) is 11.2. The molecule has 4 aromatic rings. The number of nitrogens with zero attached hydrogens (tertiary/aromatic N) is 2. The summed E-state index contributed by atoms with van der Waals surface area (Å²) >= 11 is 0. The summed E-state index contributed by atoms with van der Waals surface area (Å²) in [6.07, 6.45) is 2.17. The number of hydrogen-bond acceptors (Lipinski definition) is 0. The quantitative estimate of drug-likeness (QED) is 0.185. The molecule has 4 nitrogen and oxygen atoms in total. The van der Waals surface area contributed by atoms with Crippen molar-refractivity contribution in [1.82, 2.24) is 9.13 Å². The molecule has 0 fully saturated rings. The number of aromatic nitrogens is 2. The maximum absolute atomic E-state index is 7.53. The fourth-order valence-corrected chi connectivity index (χ4v) is 3.66. The van der Waals surface area contributed by atoms with E-state index < -0.39 is 5.97 Å². The number of carboxylic acid groups (broad SMARTS) is 1. The Morgan fingerprint density at radius 1 is 0.794 bits per heavy atom. The molecule has 0 bridgehead atoms. The Labute approximate surface area is 216 Å². The molecular weight excluding hydrogens is 601 g/mol. The van der Waals surface area contributed by atoms with Gasteiger partial charge >= 0.3 is 5.97 Å². The topological polar surface area (TPSA) is 51.5 Å². The van der Waals surface area contributed by atoms with E-state index in [-0.39, 0.29) is 30.9 Å². The van der Waals surface area contributed by atoms with E-state index in [4.69, 9.17) is 9.90 Å². The smallest absolute Gasteiger partial charge is 0.339 e. The Morgan fingerprint density at radius 3 is 1.71 bits per heavy atom. The molecule has 0 spiro atoms. The van der Waals surface area contributed by atoms with Crippen LogP contribution < -0.4 is 0 Å². The van der Waals surface area contributed by atoms with Crippen LogP contribution in [0.5, 0.6) is 0 Å². The number of fused-ring (bicyclic) bond motifs is 1. The summed E-state index contributed by atoms with van der Waals surface area (Å²) in [5.74, 6) is -0.583. The average Bonchev–Trinajstić information content (AvgIpc) is 3.12. The normalized spacial score (nSPS) is 11.4. The number of hydrogen-bond donors (Lipinski definition) is 1. The van der Waals surface area contributed by atoms with E-state index in [1.165, 1.54) is 34.8 Å². The van der Waals surface area contributed by atoms with Gasteiger partial charge in [-0.3, -0.25) is 0 Å². The summed E-state index contributed by atoms with van der Waals surface area (Å²) in [4.78, 5) is 7.53. The summed E-state index contributed by atoms with van der Waals surface area (Å²) in [5.41, 5.74) is 7.50. The minimum Gasteiger partial charge on any atom is -0.339 e. The van der Waals surface area contributed by atoms with Crippen molar-refractivity contribution >= 4 is 17.0 Å². The van der Waals surface area contributed by atoms with Crippen LogP contribution in [0.15, 0.2) is 73.1 Å². The molecule has 0 aliphatic carbocycles. The Kier molecular flexibility index (Phi) is 8.63. The van der Waals surface area contributed by atoms with Gasteiger partial charge in [0.25, 0.3) is 0 Å². The van der Waals surface area contributed by atoms with E-state index in [1.54, 1.807) is 0 Å². The number of rotatable bonds is 2. The number of imidazole rings is 1. The third-order valence-corrected chi connectivity index (χ3v) is 5.57. The van der Waals surface area contributed by atoms with Gasteiger partial charge in [-0.25, -0.2) is 4.57 Å². The third-order valence-electron chi connectivity index (χ3n) is 5.57. The SMILES string of the molecule is CC(C)(C)c1c[c-]c(-n2[cH+]n(-c3ccc(C(C)(C)C)cc3)c3ccccc32)cc1.CC(O)=[OH+].[Ir]. The minimum absolute atomic E-state index is 0. The Balaban J connectivity index is 0.000000758. The molecule has 2 N–H and O–H groups in total. The van der Waals surface area contributed by atoms with E-state index >= 15 is 0 Å². The summed E-state index contributed by atoms with van der Waals surface area (Å²) in [5, 5.41) is 7.53. The van der Waals surface area contributed by atoms with Gasteiger partial charge in [0.1, 0.15) is 5.69 Å². The molecule has 1 aromatic heterocycles. The van der Waals surface area contributed by atoms with E-state index in [0.717, 1.165) is 5.69 Å². The standard InChI is InChI=1S/C27H30N2.C2H4O2.Ir/c1-26(2,3)20-11-15-22(16-12-20)28-19-29(25-10-8-7-9-24(25)28)23-17-13-21(14-18-23)27(4,5)6;1-2(3)4;/h7-17,19H,1-6H3;1H3,(H,3,4);/p+1. The van der Waals surface area contributed by atoms with E-state index in [2.05, 4.69) is 130 Å². The van der Waals surface area contributed by atoms with Gasteiger partial charge in [-0.05, 0) is 35.2 Å². The second-order valence-electron chi connectivity index (χ2n) is 10.4. The second-order valence-corrected chi connectivity index (χ2v) is 10.4. The van der Waals surface area contributed by atoms with Crippen molar-refractivity contribution < 1.29 is 30.0 Å². The van der Waals surface area contributed by atoms with Crippen LogP contribution in [0.2, 0.25) is 0 Å². The van der Waals surface area contributed by atoms with Crippen molar-refractivity contribution in [2.24, 2.45) is 0 Å². The number of carboxylic acids is 1. The minimum atomic E-state index is -0.583. The fourth-order valence-electron chi connectivity index (χ4n) is 3.66. The second kappa shape index (κ2) is 10.7. The molecule has 0 atom stereocenters. The molecule has 0 amide bonds. The summed E-state index contributed by atoms with van der Waals surface area (Å²) in [6.45, 7) is 14.6. The first-order chi connectivity index (χ1) is 15.4. The van der Waals surface area contributed by atoms with Crippen LogP contribution >= 0.6 is 0 Å². The van der Waals surface area contributed by atoms with Crippen LogP contribution in [-0.4, -0.2) is 25.0 Å². The number of benzene rings is 3. The van der Waals surface area contributed by atoms with E-state index in [0.29, 0.717) is 0 Å². The number of aliphatic carboxylic acids is 1. The first-order valence-corrected chi connectivity index (χ1v) is 11.2. The van der Waals surface area contributed by atoms with Crippen molar-refractivity contribution in [2.45, 2.75) is 59.3 Å². The molecule has 0 aliphatic rings. The van der Waals surface area contributed by atoms with Gasteiger partial charge in [0.2, 0.25) is 0 Å². The fraction of sp³-hybridized carbons (Fsp3) is 0.310.